The van der Waals surface area contributed by atoms with Crippen LogP contribution in [0.1, 0.15) is 56.0 Å². The maximum absolute atomic E-state index is 13.2. The van der Waals surface area contributed by atoms with Gasteiger partial charge in [0.15, 0.2) is 0 Å². The number of carbonyl (C=O) groups excluding carboxylic acids is 2. The van der Waals surface area contributed by atoms with Gasteiger partial charge in [-0.2, -0.15) is 0 Å². The molecule has 1 aromatic carbocycles. The number of pyridine rings is 1. The van der Waals surface area contributed by atoms with E-state index >= 15 is 0 Å². The summed E-state index contributed by atoms with van der Waals surface area (Å²) in [5.41, 5.74) is 3.43. The summed E-state index contributed by atoms with van der Waals surface area (Å²) in [6, 6.07) is 11.9. The molecule has 1 saturated heterocycles. The summed E-state index contributed by atoms with van der Waals surface area (Å²) in [5.74, 6) is 0.0675. The van der Waals surface area contributed by atoms with Crippen molar-refractivity contribution in [1.82, 2.24) is 19.7 Å². The molecule has 0 aliphatic carbocycles. The summed E-state index contributed by atoms with van der Waals surface area (Å²) in [4.78, 5) is 35.7. The van der Waals surface area contributed by atoms with Crippen LogP contribution in [0.15, 0.2) is 42.6 Å². The van der Waals surface area contributed by atoms with Gasteiger partial charge in [0, 0.05) is 31.5 Å². The lowest BCUT2D eigenvalue weighted by molar-refractivity contribution is -0.132. The van der Waals surface area contributed by atoms with Gasteiger partial charge in [0.1, 0.15) is 5.54 Å². The number of carbonyl (C=O) groups is 2. The average molecular weight is 451 g/mol. The van der Waals surface area contributed by atoms with Crippen LogP contribution >= 0.6 is 0 Å². The minimum Gasteiger partial charge on any atom is -0.390 e. The number of fused-ring (bicyclic) bond motifs is 1. The summed E-state index contributed by atoms with van der Waals surface area (Å²) in [6.45, 7) is 10.1. The van der Waals surface area contributed by atoms with E-state index in [2.05, 4.69) is 41.9 Å². The van der Waals surface area contributed by atoms with Crippen LogP contribution in [0.25, 0.3) is 0 Å². The van der Waals surface area contributed by atoms with E-state index in [1.165, 1.54) is 20.9 Å². The third-order valence-electron chi connectivity index (χ3n) is 6.76. The standard InChI is InChI=1S/C26H34N4O3/c1-18(2)23-10-9-19(13-27-23)14-29-24(32)26(3,4)30(25(29)33)17-22(31)16-28-12-11-20-7-5-6-8-21(20)15-28/h5-10,13,18,22,31H,11-12,14-17H2,1-4H3. The van der Waals surface area contributed by atoms with Gasteiger partial charge in [-0.15, -0.1) is 0 Å². The molecule has 0 radical (unpaired) electrons. The van der Waals surface area contributed by atoms with Gasteiger partial charge in [0.25, 0.3) is 5.91 Å². The molecule has 2 aliphatic rings. The van der Waals surface area contributed by atoms with Gasteiger partial charge in [-0.1, -0.05) is 44.2 Å². The minimum absolute atomic E-state index is 0.122. The zero-order chi connectivity index (χ0) is 23.8. The molecule has 0 bridgehead atoms. The van der Waals surface area contributed by atoms with Crippen LogP contribution in [0.3, 0.4) is 0 Å². The van der Waals surface area contributed by atoms with Gasteiger partial charge in [0.05, 0.1) is 19.2 Å². The first kappa shape index (κ1) is 23.4. The van der Waals surface area contributed by atoms with Crippen LogP contribution in [0, 0.1) is 0 Å². The highest BCUT2D eigenvalue weighted by Gasteiger charge is 2.51. The fourth-order valence-corrected chi connectivity index (χ4v) is 4.69. The number of hydrogen-bond acceptors (Lipinski definition) is 5. The number of urea groups is 1. The third kappa shape index (κ3) is 4.80. The number of aliphatic hydroxyl groups excluding tert-OH is 1. The number of hydrogen-bond donors (Lipinski definition) is 1. The SMILES string of the molecule is CC(C)c1ccc(CN2C(=O)N(CC(O)CN3CCc4ccccc4C3)C(C)(C)C2=O)cn1. The molecule has 3 amide bonds. The molecule has 0 saturated carbocycles. The van der Waals surface area contributed by atoms with Gasteiger partial charge in [-0.25, -0.2) is 4.79 Å². The molecule has 1 fully saturated rings. The molecule has 1 aromatic heterocycles. The second-order valence-electron chi connectivity index (χ2n) is 10.00. The highest BCUT2D eigenvalue weighted by atomic mass is 16.3. The monoisotopic (exact) mass is 450 g/mol. The Morgan fingerprint density at radius 2 is 1.79 bits per heavy atom. The highest BCUT2D eigenvalue weighted by Crippen LogP contribution is 2.29. The molecular formula is C26H34N4O3. The quantitative estimate of drug-likeness (QED) is 0.656. The van der Waals surface area contributed by atoms with Gasteiger partial charge in [-0.3, -0.25) is 19.6 Å². The maximum Gasteiger partial charge on any atom is 0.328 e. The van der Waals surface area contributed by atoms with Crippen LogP contribution in [0.2, 0.25) is 0 Å². The zero-order valence-corrected chi connectivity index (χ0v) is 20.0. The third-order valence-corrected chi connectivity index (χ3v) is 6.76. The van der Waals surface area contributed by atoms with Crippen molar-refractivity contribution in [2.24, 2.45) is 0 Å². The molecule has 1 atom stereocenters. The van der Waals surface area contributed by atoms with Gasteiger partial charge >= 0.3 is 6.03 Å². The predicted molar refractivity (Wildman–Crippen MR) is 126 cm³/mol. The van der Waals surface area contributed by atoms with E-state index in [1.54, 1.807) is 20.0 Å². The number of aromatic nitrogens is 1. The van der Waals surface area contributed by atoms with Gasteiger partial charge in [0.2, 0.25) is 0 Å². The van der Waals surface area contributed by atoms with Crippen LogP contribution < -0.4 is 0 Å². The normalized spacial score (nSPS) is 19.3. The molecule has 2 aliphatic heterocycles. The summed E-state index contributed by atoms with van der Waals surface area (Å²) >= 11 is 0. The van der Waals surface area contributed by atoms with Crippen LogP contribution in [-0.4, -0.2) is 68.0 Å². The molecule has 3 heterocycles. The van der Waals surface area contributed by atoms with Crippen molar-refractivity contribution in [2.45, 2.75) is 64.8 Å². The topological polar surface area (TPSA) is 77.0 Å². The fourth-order valence-electron chi connectivity index (χ4n) is 4.69. The van der Waals surface area contributed by atoms with E-state index in [9.17, 15) is 14.7 Å². The Labute approximate surface area is 196 Å². The molecule has 0 spiro atoms. The Morgan fingerprint density at radius 1 is 1.06 bits per heavy atom. The number of imide groups is 1. The maximum atomic E-state index is 13.2. The molecule has 7 heteroatoms. The smallest absolute Gasteiger partial charge is 0.328 e. The molecule has 176 valence electrons. The van der Waals surface area contributed by atoms with Gasteiger partial charge in [-0.05, 0) is 48.9 Å². The van der Waals surface area contributed by atoms with Gasteiger partial charge < -0.3 is 10.0 Å². The summed E-state index contributed by atoms with van der Waals surface area (Å²) < 4.78 is 0. The Kier molecular flexibility index (Phi) is 6.54. The second-order valence-corrected chi connectivity index (χ2v) is 10.00. The molecule has 33 heavy (non-hydrogen) atoms. The van der Waals surface area contributed by atoms with E-state index in [-0.39, 0.29) is 25.0 Å². The number of rotatable bonds is 7. The van der Waals surface area contributed by atoms with Crippen molar-refractivity contribution in [3.8, 4) is 0 Å². The number of aliphatic hydroxyl groups is 1. The Balaban J connectivity index is 1.40. The zero-order valence-electron chi connectivity index (χ0n) is 20.0. The number of nitrogens with zero attached hydrogens (tertiary/aromatic N) is 4. The van der Waals surface area contributed by atoms with E-state index in [0.717, 1.165) is 30.8 Å². The lowest BCUT2D eigenvalue weighted by Crippen LogP contribution is -2.50. The molecule has 4 rings (SSSR count). The Bertz CT molecular complexity index is 1020. The van der Waals surface area contributed by atoms with Crippen LogP contribution in [0.5, 0.6) is 0 Å². The minimum atomic E-state index is -1.00. The van der Waals surface area contributed by atoms with Crippen LogP contribution in [0.4, 0.5) is 4.79 Å². The number of benzene rings is 1. The summed E-state index contributed by atoms with van der Waals surface area (Å²) in [5, 5.41) is 10.8. The second kappa shape index (κ2) is 9.23. The first-order valence-corrected chi connectivity index (χ1v) is 11.7. The van der Waals surface area contributed by atoms with Crippen molar-refractivity contribution in [3.63, 3.8) is 0 Å². The van der Waals surface area contributed by atoms with E-state index in [4.69, 9.17) is 0 Å². The predicted octanol–water partition coefficient (Wildman–Crippen LogP) is 3.17. The van der Waals surface area contributed by atoms with E-state index in [0.29, 0.717) is 12.5 Å². The average Bonchev–Trinajstić information content (AvgIpc) is 2.94. The number of β-amino-alcohol motifs (C(OH)–C–C–N with tert-alkyl or cyclic N) is 1. The van der Waals surface area contributed by atoms with Crippen molar-refractivity contribution >= 4 is 11.9 Å². The Hall–Kier alpha value is -2.77. The molecule has 2 aromatic rings. The first-order valence-electron chi connectivity index (χ1n) is 11.7. The van der Waals surface area contributed by atoms with E-state index < -0.39 is 11.6 Å². The molecule has 1 N–H and O–H groups in total. The van der Waals surface area contributed by atoms with E-state index in [1.807, 2.05) is 18.2 Å². The molecular weight excluding hydrogens is 416 g/mol. The Morgan fingerprint density at radius 3 is 2.45 bits per heavy atom. The van der Waals surface area contributed by atoms with Crippen molar-refractivity contribution in [1.29, 1.82) is 0 Å². The molecule has 7 nitrogen and oxygen atoms in total. The lowest BCUT2D eigenvalue weighted by Gasteiger charge is -2.33. The van der Waals surface area contributed by atoms with Crippen molar-refractivity contribution in [2.75, 3.05) is 19.6 Å². The fraction of sp³-hybridized carbons (Fsp3) is 0.500. The number of amides is 3. The largest absolute Gasteiger partial charge is 0.390 e. The molecule has 1 unspecified atom stereocenters. The van der Waals surface area contributed by atoms with Crippen molar-refractivity contribution in [3.05, 3.63) is 65.0 Å². The summed E-state index contributed by atoms with van der Waals surface area (Å²) in [7, 11) is 0. The summed E-state index contributed by atoms with van der Waals surface area (Å²) in [6.07, 6.45) is 1.94. The first-order chi connectivity index (χ1) is 15.7. The lowest BCUT2D eigenvalue weighted by atomic mass is 9.99. The van der Waals surface area contributed by atoms with Crippen LogP contribution in [-0.2, 0) is 24.3 Å². The highest BCUT2D eigenvalue weighted by molar-refractivity contribution is 6.06. The van der Waals surface area contributed by atoms with Crippen molar-refractivity contribution < 1.29 is 14.7 Å².